The molecule has 1 amide bonds. The molecule has 0 bridgehead atoms. The normalized spacial score (nSPS) is 10.4. The Morgan fingerprint density at radius 1 is 1.29 bits per heavy atom. The molecule has 0 aromatic heterocycles. The molecule has 2 rings (SSSR count). The molecule has 2 aromatic rings. The van der Waals surface area contributed by atoms with Gasteiger partial charge in [-0.1, -0.05) is 35.9 Å². The molecule has 1 N–H and O–H groups in total. The van der Waals surface area contributed by atoms with Crippen molar-refractivity contribution in [3.63, 3.8) is 0 Å². The number of hydrogen-bond donors (Lipinski definition) is 1. The van der Waals surface area contributed by atoms with Gasteiger partial charge in [-0.25, -0.2) is 4.39 Å². The van der Waals surface area contributed by atoms with Gasteiger partial charge in [0.1, 0.15) is 5.82 Å². The first-order valence-corrected chi connectivity index (χ1v) is 7.96. The van der Waals surface area contributed by atoms with Crippen molar-refractivity contribution in [2.75, 3.05) is 11.1 Å². The number of nitrogens with one attached hydrogen (secondary N) is 1. The number of aryl methyl sites for hydroxylation is 1. The zero-order valence-corrected chi connectivity index (χ0v) is 13.1. The number of carbonyl (C=O) groups is 1. The number of rotatable bonds is 5. The molecule has 0 saturated carbocycles. The lowest BCUT2D eigenvalue weighted by Crippen LogP contribution is -2.15. The van der Waals surface area contributed by atoms with Gasteiger partial charge in [-0.05, 0) is 36.2 Å². The third kappa shape index (κ3) is 4.76. The van der Waals surface area contributed by atoms with Crippen LogP contribution in [-0.2, 0) is 10.5 Å². The number of carbonyl (C=O) groups excluding carboxylic acids is 1. The first-order chi connectivity index (χ1) is 10.1. The highest BCUT2D eigenvalue weighted by atomic mass is 35.5. The van der Waals surface area contributed by atoms with Crippen molar-refractivity contribution in [2.45, 2.75) is 12.7 Å². The lowest BCUT2D eigenvalue weighted by Gasteiger charge is -2.07. The fraction of sp³-hybridized carbons (Fsp3) is 0.188. The number of thioether (sulfide) groups is 1. The van der Waals surface area contributed by atoms with Crippen LogP contribution in [-0.4, -0.2) is 11.7 Å². The van der Waals surface area contributed by atoms with Crippen LogP contribution in [0.25, 0.3) is 0 Å². The van der Waals surface area contributed by atoms with Crippen LogP contribution >= 0.6 is 23.4 Å². The summed E-state index contributed by atoms with van der Waals surface area (Å²) in [5.74, 6) is 0.247. The van der Waals surface area contributed by atoms with Gasteiger partial charge in [0.25, 0.3) is 0 Å². The maximum Gasteiger partial charge on any atom is 0.234 e. The van der Waals surface area contributed by atoms with E-state index in [4.69, 9.17) is 11.6 Å². The summed E-state index contributed by atoms with van der Waals surface area (Å²) < 4.78 is 13.6. The van der Waals surface area contributed by atoms with Crippen LogP contribution in [0.1, 0.15) is 11.1 Å². The highest BCUT2D eigenvalue weighted by molar-refractivity contribution is 7.99. The predicted molar refractivity (Wildman–Crippen MR) is 87.4 cm³/mol. The SMILES string of the molecule is Cc1ccc(NC(=O)CSCc2ccccc2Cl)c(F)c1. The van der Waals surface area contributed by atoms with Gasteiger partial charge in [0, 0.05) is 10.8 Å². The van der Waals surface area contributed by atoms with Crippen LogP contribution < -0.4 is 5.32 Å². The molecular weight excluding hydrogens is 309 g/mol. The van der Waals surface area contributed by atoms with Crippen molar-refractivity contribution < 1.29 is 9.18 Å². The van der Waals surface area contributed by atoms with Crippen molar-refractivity contribution in [1.82, 2.24) is 0 Å². The van der Waals surface area contributed by atoms with Gasteiger partial charge in [0.05, 0.1) is 11.4 Å². The second-order valence-corrected chi connectivity index (χ2v) is 6.01. The monoisotopic (exact) mass is 323 g/mol. The van der Waals surface area contributed by atoms with Crippen LogP contribution in [0.15, 0.2) is 42.5 Å². The highest BCUT2D eigenvalue weighted by Gasteiger charge is 2.08. The van der Waals surface area contributed by atoms with Crippen LogP contribution in [0.5, 0.6) is 0 Å². The topological polar surface area (TPSA) is 29.1 Å². The standard InChI is InChI=1S/C16H15ClFNOS/c1-11-6-7-15(14(18)8-11)19-16(20)10-21-9-12-4-2-3-5-13(12)17/h2-8H,9-10H2,1H3,(H,19,20). The predicted octanol–water partition coefficient (Wildman–Crippen LogP) is 4.66. The average Bonchev–Trinajstić information content (AvgIpc) is 2.44. The highest BCUT2D eigenvalue weighted by Crippen LogP contribution is 2.21. The van der Waals surface area contributed by atoms with Gasteiger partial charge in [0.2, 0.25) is 5.91 Å². The van der Waals surface area contributed by atoms with E-state index in [1.54, 1.807) is 19.1 Å². The molecule has 0 spiro atoms. The van der Waals surface area contributed by atoms with Crippen LogP contribution in [0.4, 0.5) is 10.1 Å². The fourth-order valence-electron chi connectivity index (χ4n) is 1.78. The molecule has 0 atom stereocenters. The van der Waals surface area contributed by atoms with E-state index >= 15 is 0 Å². The summed E-state index contributed by atoms with van der Waals surface area (Å²) in [5, 5.41) is 3.26. The van der Waals surface area contributed by atoms with Gasteiger partial charge < -0.3 is 5.32 Å². The average molecular weight is 324 g/mol. The Hall–Kier alpha value is -1.52. The lowest BCUT2D eigenvalue weighted by molar-refractivity contribution is -0.113. The Bertz CT molecular complexity index is 648. The van der Waals surface area contributed by atoms with Gasteiger partial charge >= 0.3 is 0 Å². The van der Waals surface area contributed by atoms with E-state index in [0.717, 1.165) is 11.1 Å². The van der Waals surface area contributed by atoms with E-state index in [-0.39, 0.29) is 17.3 Å². The first-order valence-electron chi connectivity index (χ1n) is 6.43. The second kappa shape index (κ2) is 7.48. The molecule has 0 aliphatic rings. The minimum atomic E-state index is -0.417. The molecule has 110 valence electrons. The summed E-state index contributed by atoms with van der Waals surface area (Å²) in [7, 11) is 0. The maximum absolute atomic E-state index is 13.6. The number of anilines is 1. The van der Waals surface area contributed by atoms with Crippen molar-refractivity contribution >= 4 is 35.0 Å². The van der Waals surface area contributed by atoms with E-state index < -0.39 is 5.82 Å². The zero-order chi connectivity index (χ0) is 15.2. The Labute approximate surface area is 132 Å². The summed E-state index contributed by atoms with van der Waals surface area (Å²) in [4.78, 5) is 11.8. The van der Waals surface area contributed by atoms with Crippen LogP contribution in [0, 0.1) is 12.7 Å². The Kier molecular flexibility index (Phi) is 5.65. The quantitative estimate of drug-likeness (QED) is 0.867. The number of halogens is 2. The van der Waals surface area contributed by atoms with Crippen LogP contribution in [0.2, 0.25) is 5.02 Å². The molecule has 0 aliphatic carbocycles. The third-order valence-corrected chi connectivity index (χ3v) is 4.20. The van der Waals surface area contributed by atoms with Crippen molar-refractivity contribution in [3.8, 4) is 0 Å². The summed E-state index contributed by atoms with van der Waals surface area (Å²) in [5.41, 5.74) is 2.01. The van der Waals surface area contributed by atoms with Gasteiger partial charge in [0.15, 0.2) is 0 Å². The maximum atomic E-state index is 13.6. The second-order valence-electron chi connectivity index (χ2n) is 4.62. The fourth-order valence-corrected chi connectivity index (χ4v) is 2.89. The minimum Gasteiger partial charge on any atom is -0.323 e. The summed E-state index contributed by atoms with van der Waals surface area (Å²) in [6.07, 6.45) is 0. The summed E-state index contributed by atoms with van der Waals surface area (Å²) >= 11 is 7.48. The van der Waals surface area contributed by atoms with Gasteiger partial charge in [-0.2, -0.15) is 0 Å². The van der Waals surface area contributed by atoms with Crippen molar-refractivity contribution in [1.29, 1.82) is 0 Å². The van der Waals surface area contributed by atoms with E-state index in [1.807, 2.05) is 24.3 Å². The molecule has 0 fully saturated rings. The first kappa shape index (κ1) is 15.9. The molecule has 0 aliphatic heterocycles. The Morgan fingerprint density at radius 3 is 2.76 bits per heavy atom. The molecule has 0 heterocycles. The van der Waals surface area contributed by atoms with Gasteiger partial charge in [-0.3, -0.25) is 4.79 Å². The third-order valence-electron chi connectivity index (χ3n) is 2.85. The van der Waals surface area contributed by atoms with Crippen molar-refractivity contribution in [2.24, 2.45) is 0 Å². The van der Waals surface area contributed by atoms with E-state index in [1.165, 1.54) is 17.8 Å². The van der Waals surface area contributed by atoms with Crippen molar-refractivity contribution in [3.05, 3.63) is 64.4 Å². The molecule has 21 heavy (non-hydrogen) atoms. The molecule has 0 saturated heterocycles. The number of hydrogen-bond acceptors (Lipinski definition) is 2. The molecule has 0 unspecified atom stereocenters. The number of amides is 1. The molecular formula is C16H15ClFNOS. The summed E-state index contributed by atoms with van der Waals surface area (Å²) in [6, 6.07) is 12.2. The Balaban J connectivity index is 1.84. The minimum absolute atomic E-state index is 0.212. The number of benzene rings is 2. The lowest BCUT2D eigenvalue weighted by atomic mass is 10.2. The molecule has 0 radical (unpaired) electrons. The smallest absolute Gasteiger partial charge is 0.234 e. The summed E-state index contributed by atoms with van der Waals surface area (Å²) in [6.45, 7) is 1.80. The largest absolute Gasteiger partial charge is 0.323 e. The van der Waals surface area contributed by atoms with Crippen LogP contribution in [0.3, 0.4) is 0 Å². The van der Waals surface area contributed by atoms with E-state index in [0.29, 0.717) is 10.8 Å². The Morgan fingerprint density at radius 2 is 2.05 bits per heavy atom. The molecule has 5 heteroatoms. The molecule has 2 aromatic carbocycles. The zero-order valence-electron chi connectivity index (χ0n) is 11.5. The van der Waals surface area contributed by atoms with E-state index in [9.17, 15) is 9.18 Å². The van der Waals surface area contributed by atoms with E-state index in [2.05, 4.69) is 5.32 Å². The van der Waals surface area contributed by atoms with Gasteiger partial charge in [-0.15, -0.1) is 11.8 Å². The molecule has 2 nitrogen and oxygen atoms in total.